The van der Waals surface area contributed by atoms with Gasteiger partial charge in [0.25, 0.3) is 0 Å². The Labute approximate surface area is 154 Å². The lowest BCUT2D eigenvalue weighted by Crippen LogP contribution is -2.28. The lowest BCUT2D eigenvalue weighted by Gasteiger charge is -2.23. The smallest absolute Gasteiger partial charge is 0.131 e. The lowest BCUT2D eigenvalue weighted by atomic mass is 9.87. The molecular formula is C23H24O3. The fourth-order valence-electron chi connectivity index (χ4n) is 3.58. The van der Waals surface area contributed by atoms with Crippen molar-refractivity contribution in [3.63, 3.8) is 0 Å². The van der Waals surface area contributed by atoms with Crippen LogP contribution in [0.4, 0.5) is 0 Å². The summed E-state index contributed by atoms with van der Waals surface area (Å²) in [5.74, 6) is 2.07. The van der Waals surface area contributed by atoms with Gasteiger partial charge in [-0.3, -0.25) is 0 Å². The number of benzene rings is 3. The zero-order chi connectivity index (χ0) is 18.5. The Morgan fingerprint density at radius 3 is 2.58 bits per heavy atom. The topological polar surface area (TPSA) is 38.7 Å². The van der Waals surface area contributed by atoms with Crippen LogP contribution >= 0.6 is 0 Å². The third kappa shape index (κ3) is 2.59. The third-order valence-electron chi connectivity index (χ3n) is 5.53. The van der Waals surface area contributed by atoms with Gasteiger partial charge in [-0.2, -0.15) is 0 Å². The molecular weight excluding hydrogens is 324 g/mol. The van der Waals surface area contributed by atoms with E-state index < -0.39 is 0 Å². The van der Waals surface area contributed by atoms with Gasteiger partial charge in [-0.1, -0.05) is 43.3 Å². The Hall–Kier alpha value is -2.68. The minimum atomic E-state index is -0.284. The molecule has 0 spiro atoms. The van der Waals surface area contributed by atoms with Crippen LogP contribution in [-0.4, -0.2) is 10.7 Å². The summed E-state index contributed by atoms with van der Waals surface area (Å²) in [5.41, 5.74) is 2.77. The molecule has 0 bridgehead atoms. The first kappa shape index (κ1) is 16.8. The van der Waals surface area contributed by atoms with E-state index in [1.165, 1.54) is 0 Å². The molecule has 0 fully saturated rings. The van der Waals surface area contributed by atoms with Crippen molar-refractivity contribution in [3.05, 3.63) is 65.2 Å². The van der Waals surface area contributed by atoms with E-state index >= 15 is 0 Å². The second kappa shape index (κ2) is 5.94. The van der Waals surface area contributed by atoms with E-state index in [1.807, 2.05) is 55.5 Å². The number of ether oxygens (including phenoxy) is 2. The second-order valence-electron chi connectivity index (χ2n) is 7.65. The van der Waals surface area contributed by atoms with Crippen molar-refractivity contribution in [2.75, 3.05) is 0 Å². The molecule has 0 saturated carbocycles. The van der Waals surface area contributed by atoms with Gasteiger partial charge in [0.05, 0.1) is 5.39 Å². The molecule has 3 nitrogen and oxygen atoms in total. The summed E-state index contributed by atoms with van der Waals surface area (Å²) in [6, 6.07) is 16.1. The molecule has 0 aromatic heterocycles. The quantitative estimate of drug-likeness (QED) is 0.659. The summed E-state index contributed by atoms with van der Waals surface area (Å²) < 4.78 is 12.4. The predicted molar refractivity (Wildman–Crippen MR) is 104 cm³/mol. The predicted octanol–water partition coefficient (Wildman–Crippen LogP) is 5.71. The summed E-state index contributed by atoms with van der Waals surface area (Å²) in [6.45, 7) is 8.73. The van der Waals surface area contributed by atoms with E-state index in [9.17, 15) is 5.11 Å². The van der Waals surface area contributed by atoms with E-state index in [0.717, 1.165) is 33.2 Å². The fraction of sp³-hybridized carbons (Fsp3) is 0.304. The van der Waals surface area contributed by atoms with Crippen molar-refractivity contribution in [1.29, 1.82) is 0 Å². The summed E-state index contributed by atoms with van der Waals surface area (Å²) in [6.07, 6.45) is 0. The zero-order valence-corrected chi connectivity index (χ0v) is 15.7. The Morgan fingerprint density at radius 1 is 1.12 bits per heavy atom. The first-order valence-electron chi connectivity index (χ1n) is 9.03. The van der Waals surface area contributed by atoms with Gasteiger partial charge in [-0.15, -0.1) is 0 Å². The Morgan fingerprint density at radius 2 is 1.85 bits per heavy atom. The maximum Gasteiger partial charge on any atom is 0.131 e. The number of aromatic hydroxyl groups is 1. The van der Waals surface area contributed by atoms with Crippen molar-refractivity contribution < 1.29 is 14.6 Å². The molecule has 3 aromatic carbocycles. The Kier molecular flexibility index (Phi) is 3.83. The van der Waals surface area contributed by atoms with Gasteiger partial charge in [-0.05, 0) is 44.0 Å². The van der Waals surface area contributed by atoms with Crippen molar-refractivity contribution in [1.82, 2.24) is 0 Å². The number of fused-ring (bicyclic) bond motifs is 3. The zero-order valence-electron chi connectivity index (χ0n) is 15.7. The van der Waals surface area contributed by atoms with E-state index in [0.29, 0.717) is 12.4 Å². The van der Waals surface area contributed by atoms with Crippen LogP contribution in [0.2, 0.25) is 0 Å². The van der Waals surface area contributed by atoms with E-state index in [4.69, 9.17) is 9.47 Å². The van der Waals surface area contributed by atoms with Crippen LogP contribution in [0, 0.1) is 6.92 Å². The summed E-state index contributed by atoms with van der Waals surface area (Å²) in [5, 5.41) is 12.4. The standard InChI is InChI=1S/C23H24O3/c1-14-10-11-17-20(21(14)24)19(25-13-16-8-6-5-7-9-16)12-18-15(2)23(3,4)26-22(17)18/h5-12,15,24H,13H2,1-4H3. The van der Waals surface area contributed by atoms with E-state index in [1.54, 1.807) is 0 Å². The number of hydrogen-bond donors (Lipinski definition) is 1. The van der Waals surface area contributed by atoms with Crippen molar-refractivity contribution >= 4 is 10.8 Å². The Bertz CT molecular complexity index is 974. The minimum absolute atomic E-state index is 0.240. The van der Waals surface area contributed by atoms with Crippen LogP contribution in [0.25, 0.3) is 10.8 Å². The minimum Gasteiger partial charge on any atom is -0.507 e. The molecule has 1 N–H and O–H groups in total. The molecule has 1 aliphatic heterocycles. The van der Waals surface area contributed by atoms with Gasteiger partial charge in [-0.25, -0.2) is 0 Å². The highest BCUT2D eigenvalue weighted by Crippen LogP contribution is 2.52. The highest BCUT2D eigenvalue weighted by Gasteiger charge is 2.40. The van der Waals surface area contributed by atoms with Gasteiger partial charge >= 0.3 is 0 Å². The van der Waals surface area contributed by atoms with Gasteiger partial charge < -0.3 is 14.6 Å². The van der Waals surface area contributed by atoms with Crippen molar-refractivity contribution in [3.8, 4) is 17.2 Å². The highest BCUT2D eigenvalue weighted by atomic mass is 16.5. The SMILES string of the molecule is Cc1ccc2c3c(cc(OCc4ccccc4)c2c1O)C(C)C(C)(C)O3. The maximum absolute atomic E-state index is 10.7. The Balaban J connectivity index is 1.87. The number of rotatable bonds is 3. The molecule has 4 rings (SSSR count). The molecule has 0 saturated heterocycles. The summed E-state index contributed by atoms with van der Waals surface area (Å²) in [7, 11) is 0. The molecule has 0 amide bonds. The number of phenols is 1. The van der Waals surface area contributed by atoms with Crippen molar-refractivity contribution in [2.45, 2.75) is 45.8 Å². The fourth-order valence-corrected chi connectivity index (χ4v) is 3.58. The largest absolute Gasteiger partial charge is 0.507 e. The molecule has 134 valence electrons. The molecule has 0 radical (unpaired) electrons. The van der Waals surface area contributed by atoms with Gasteiger partial charge in [0.2, 0.25) is 0 Å². The number of hydrogen-bond acceptors (Lipinski definition) is 3. The maximum atomic E-state index is 10.7. The molecule has 3 aromatic rings. The van der Waals surface area contributed by atoms with Crippen LogP contribution < -0.4 is 9.47 Å². The van der Waals surface area contributed by atoms with Crippen molar-refractivity contribution in [2.24, 2.45) is 0 Å². The lowest BCUT2D eigenvalue weighted by molar-refractivity contribution is 0.117. The normalized spacial score (nSPS) is 17.8. The number of phenolic OH excluding ortho intramolecular Hbond substituents is 1. The molecule has 1 heterocycles. The molecule has 1 unspecified atom stereocenters. The molecule has 1 aliphatic rings. The van der Waals surface area contributed by atoms with Crippen LogP contribution in [0.3, 0.4) is 0 Å². The van der Waals surface area contributed by atoms with Gasteiger partial charge in [0.1, 0.15) is 29.5 Å². The summed E-state index contributed by atoms with van der Waals surface area (Å²) in [4.78, 5) is 0. The first-order valence-corrected chi connectivity index (χ1v) is 9.03. The molecule has 3 heteroatoms. The van der Waals surface area contributed by atoms with Crippen LogP contribution in [0.15, 0.2) is 48.5 Å². The van der Waals surface area contributed by atoms with Crippen LogP contribution in [0.1, 0.15) is 43.4 Å². The molecule has 26 heavy (non-hydrogen) atoms. The molecule has 0 aliphatic carbocycles. The van der Waals surface area contributed by atoms with E-state index in [2.05, 4.69) is 20.8 Å². The average molecular weight is 348 g/mol. The first-order chi connectivity index (χ1) is 12.4. The highest BCUT2D eigenvalue weighted by molar-refractivity contribution is 6.00. The summed E-state index contributed by atoms with van der Waals surface area (Å²) >= 11 is 0. The second-order valence-corrected chi connectivity index (χ2v) is 7.65. The molecule has 1 atom stereocenters. The van der Waals surface area contributed by atoms with Gasteiger partial charge in [0.15, 0.2) is 0 Å². The van der Waals surface area contributed by atoms with Gasteiger partial charge in [0, 0.05) is 16.9 Å². The van der Waals surface area contributed by atoms with Crippen LogP contribution in [0.5, 0.6) is 17.2 Å². The average Bonchev–Trinajstić information content (AvgIpc) is 2.86. The van der Waals surface area contributed by atoms with Crippen LogP contribution in [-0.2, 0) is 6.61 Å². The number of aryl methyl sites for hydroxylation is 1. The monoisotopic (exact) mass is 348 g/mol. The van der Waals surface area contributed by atoms with E-state index in [-0.39, 0.29) is 17.3 Å². The third-order valence-corrected chi connectivity index (χ3v) is 5.53.